The third-order valence-corrected chi connectivity index (χ3v) is 8.57. The number of dihydropyridines is 1. The zero-order valence-electron chi connectivity index (χ0n) is 25.6. The Kier molecular flexibility index (Phi) is 10.5. The van der Waals surface area contributed by atoms with Crippen molar-refractivity contribution < 1.29 is 19.1 Å². The Morgan fingerprint density at radius 2 is 1.32 bits per heavy atom. The summed E-state index contributed by atoms with van der Waals surface area (Å²) in [6, 6.07) is 28.7. The summed E-state index contributed by atoms with van der Waals surface area (Å²) in [5, 5.41) is 3.78. The predicted molar refractivity (Wildman–Crippen MR) is 173 cm³/mol. The number of carbonyl (C=O) groups is 2. The van der Waals surface area contributed by atoms with Gasteiger partial charge in [0, 0.05) is 49.1 Å². The molecule has 1 unspecified atom stereocenters. The number of halogens is 1. The molecule has 1 N–H and O–H groups in total. The van der Waals surface area contributed by atoms with E-state index in [0.717, 1.165) is 31.7 Å². The third kappa shape index (κ3) is 7.24. The molecule has 0 saturated carbocycles. The van der Waals surface area contributed by atoms with E-state index in [1.807, 2.05) is 26.0 Å². The Bertz CT molecular complexity index is 1460. The number of rotatable bonds is 10. The van der Waals surface area contributed by atoms with Crippen LogP contribution in [0.5, 0.6) is 0 Å². The molecule has 0 spiro atoms. The fraction of sp³-hybridized carbons (Fsp3) is 0.333. The molecule has 3 aromatic carbocycles. The first-order valence-electron chi connectivity index (χ1n) is 15.2. The SMILES string of the molecule is CCOC(=O)C1=C(C)NC(C)=C(C(=O)OCCN2CCN(C(c3ccccc3)c3ccccc3)CC2)C1c1ccc(Cl)cc1. The van der Waals surface area contributed by atoms with E-state index < -0.39 is 17.9 Å². The monoisotopic (exact) mass is 613 g/mol. The van der Waals surface area contributed by atoms with E-state index in [0.29, 0.717) is 34.1 Å². The van der Waals surface area contributed by atoms with Crippen molar-refractivity contribution in [1.29, 1.82) is 0 Å². The predicted octanol–water partition coefficient (Wildman–Crippen LogP) is 6.09. The van der Waals surface area contributed by atoms with Crippen LogP contribution in [0.15, 0.2) is 107 Å². The van der Waals surface area contributed by atoms with Crippen LogP contribution in [-0.4, -0.2) is 67.7 Å². The second kappa shape index (κ2) is 14.7. The molecule has 2 heterocycles. The van der Waals surface area contributed by atoms with Gasteiger partial charge in [-0.15, -0.1) is 0 Å². The van der Waals surface area contributed by atoms with Crippen LogP contribution in [-0.2, 0) is 19.1 Å². The molecule has 2 aliphatic heterocycles. The summed E-state index contributed by atoms with van der Waals surface area (Å²) in [5.74, 6) is -1.54. The Balaban J connectivity index is 1.24. The first-order valence-corrected chi connectivity index (χ1v) is 15.6. The van der Waals surface area contributed by atoms with Crippen LogP contribution >= 0.6 is 11.6 Å². The topological polar surface area (TPSA) is 71.1 Å². The molecule has 0 aromatic heterocycles. The van der Waals surface area contributed by atoms with Gasteiger partial charge in [0.1, 0.15) is 6.61 Å². The fourth-order valence-corrected chi connectivity index (χ4v) is 6.33. The minimum absolute atomic E-state index is 0.195. The number of ether oxygens (including phenoxy) is 2. The number of nitrogens with zero attached hydrogens (tertiary/aromatic N) is 2. The van der Waals surface area contributed by atoms with Crippen molar-refractivity contribution in [3.8, 4) is 0 Å². The highest BCUT2D eigenvalue weighted by molar-refractivity contribution is 6.30. The summed E-state index contributed by atoms with van der Waals surface area (Å²) < 4.78 is 11.3. The number of carbonyl (C=O) groups excluding carboxylic acids is 2. The molecule has 2 aliphatic rings. The van der Waals surface area contributed by atoms with Crippen molar-refractivity contribution in [1.82, 2.24) is 15.1 Å². The molecule has 230 valence electrons. The first kappa shape index (κ1) is 31.5. The maximum Gasteiger partial charge on any atom is 0.336 e. The second-order valence-corrected chi connectivity index (χ2v) is 11.6. The quantitative estimate of drug-likeness (QED) is 0.278. The Morgan fingerprint density at radius 1 is 0.795 bits per heavy atom. The van der Waals surface area contributed by atoms with Crippen molar-refractivity contribution in [2.75, 3.05) is 45.9 Å². The highest BCUT2D eigenvalue weighted by Gasteiger charge is 2.38. The van der Waals surface area contributed by atoms with E-state index in [4.69, 9.17) is 21.1 Å². The summed E-state index contributed by atoms with van der Waals surface area (Å²) in [7, 11) is 0. The van der Waals surface area contributed by atoms with Crippen molar-refractivity contribution in [2.45, 2.75) is 32.7 Å². The van der Waals surface area contributed by atoms with Gasteiger partial charge in [-0.25, -0.2) is 9.59 Å². The lowest BCUT2D eigenvalue weighted by Gasteiger charge is -2.39. The molecule has 3 aromatic rings. The molecule has 1 saturated heterocycles. The molecular formula is C36H40ClN3O4. The summed E-state index contributed by atoms with van der Waals surface area (Å²) in [5.41, 5.74) is 5.45. The minimum atomic E-state index is -0.628. The Hall–Kier alpha value is -3.91. The number of allylic oxidation sites excluding steroid dienone is 2. The van der Waals surface area contributed by atoms with Crippen LogP contribution in [0.25, 0.3) is 0 Å². The molecule has 0 radical (unpaired) electrons. The number of benzene rings is 3. The van der Waals surface area contributed by atoms with E-state index in [2.05, 4.69) is 75.8 Å². The molecule has 8 heteroatoms. The number of esters is 2. The molecule has 0 bridgehead atoms. The molecule has 0 aliphatic carbocycles. The smallest absolute Gasteiger partial charge is 0.336 e. The van der Waals surface area contributed by atoms with E-state index in [9.17, 15) is 9.59 Å². The van der Waals surface area contributed by atoms with Gasteiger partial charge >= 0.3 is 11.9 Å². The summed E-state index contributed by atoms with van der Waals surface area (Å²) in [4.78, 5) is 31.6. The van der Waals surface area contributed by atoms with Gasteiger partial charge in [0.25, 0.3) is 0 Å². The maximum absolute atomic E-state index is 13.6. The molecule has 44 heavy (non-hydrogen) atoms. The van der Waals surface area contributed by atoms with Gasteiger partial charge < -0.3 is 14.8 Å². The van der Waals surface area contributed by atoms with Gasteiger partial charge in [0.05, 0.1) is 29.7 Å². The highest BCUT2D eigenvalue weighted by atomic mass is 35.5. The van der Waals surface area contributed by atoms with Gasteiger partial charge in [-0.05, 0) is 49.6 Å². The third-order valence-electron chi connectivity index (χ3n) is 8.32. The molecule has 7 nitrogen and oxygen atoms in total. The summed E-state index contributed by atoms with van der Waals surface area (Å²) >= 11 is 6.16. The lowest BCUT2D eigenvalue weighted by atomic mass is 9.80. The van der Waals surface area contributed by atoms with Crippen molar-refractivity contribution in [2.24, 2.45) is 0 Å². The molecular weight excluding hydrogens is 574 g/mol. The highest BCUT2D eigenvalue weighted by Crippen LogP contribution is 2.39. The number of nitrogens with one attached hydrogen (secondary N) is 1. The van der Waals surface area contributed by atoms with Gasteiger partial charge in [-0.2, -0.15) is 0 Å². The van der Waals surface area contributed by atoms with E-state index in [1.54, 1.807) is 19.1 Å². The van der Waals surface area contributed by atoms with Crippen LogP contribution in [0.3, 0.4) is 0 Å². The lowest BCUT2D eigenvalue weighted by Crippen LogP contribution is -2.48. The van der Waals surface area contributed by atoms with Gasteiger partial charge in [0.2, 0.25) is 0 Å². The first-order chi connectivity index (χ1) is 21.4. The van der Waals surface area contributed by atoms with E-state index >= 15 is 0 Å². The number of hydrogen-bond donors (Lipinski definition) is 1. The molecule has 1 fully saturated rings. The largest absolute Gasteiger partial charge is 0.463 e. The average molecular weight is 614 g/mol. The van der Waals surface area contributed by atoms with Crippen LogP contribution in [0.2, 0.25) is 5.02 Å². The normalized spacial score (nSPS) is 17.9. The van der Waals surface area contributed by atoms with Crippen LogP contribution in [0.1, 0.15) is 49.4 Å². The molecule has 0 amide bonds. The zero-order chi connectivity index (χ0) is 31.1. The minimum Gasteiger partial charge on any atom is -0.463 e. The lowest BCUT2D eigenvalue weighted by molar-refractivity contribution is -0.140. The van der Waals surface area contributed by atoms with Gasteiger partial charge in [0.15, 0.2) is 0 Å². The zero-order valence-corrected chi connectivity index (χ0v) is 26.3. The standard InChI is InChI=1S/C36H40ClN3O4/c1-4-43-35(41)31-25(2)38-26(3)32(33(31)27-15-17-30(37)18-16-27)36(42)44-24-23-39-19-21-40(22-20-39)34(28-11-7-5-8-12-28)29-13-9-6-10-14-29/h5-18,33-34,38H,4,19-24H2,1-3H3. The fourth-order valence-electron chi connectivity index (χ4n) is 6.21. The van der Waals surface area contributed by atoms with E-state index in [-0.39, 0.29) is 19.3 Å². The van der Waals surface area contributed by atoms with Gasteiger partial charge in [-0.3, -0.25) is 9.80 Å². The van der Waals surface area contributed by atoms with Crippen LogP contribution in [0.4, 0.5) is 0 Å². The van der Waals surface area contributed by atoms with Crippen molar-refractivity contribution in [3.63, 3.8) is 0 Å². The Labute approximate surface area is 265 Å². The van der Waals surface area contributed by atoms with Crippen molar-refractivity contribution in [3.05, 3.63) is 129 Å². The number of piperazine rings is 1. The van der Waals surface area contributed by atoms with Crippen LogP contribution in [0, 0.1) is 0 Å². The summed E-state index contributed by atoms with van der Waals surface area (Å²) in [6.07, 6.45) is 0. The van der Waals surface area contributed by atoms with E-state index in [1.165, 1.54) is 11.1 Å². The number of hydrogen-bond acceptors (Lipinski definition) is 7. The Morgan fingerprint density at radius 3 is 1.84 bits per heavy atom. The molecule has 1 atom stereocenters. The van der Waals surface area contributed by atoms with Crippen molar-refractivity contribution >= 4 is 23.5 Å². The average Bonchev–Trinajstić information content (AvgIpc) is 3.03. The summed E-state index contributed by atoms with van der Waals surface area (Å²) in [6.45, 7) is 10.1. The van der Waals surface area contributed by atoms with Gasteiger partial charge in [-0.1, -0.05) is 84.4 Å². The second-order valence-electron chi connectivity index (χ2n) is 11.1. The van der Waals surface area contributed by atoms with Crippen LogP contribution < -0.4 is 5.32 Å². The molecule has 5 rings (SSSR count). The maximum atomic E-state index is 13.6.